The van der Waals surface area contributed by atoms with E-state index in [2.05, 4.69) is 4.90 Å². The third-order valence-corrected chi connectivity index (χ3v) is 4.60. The van der Waals surface area contributed by atoms with Gasteiger partial charge in [0.1, 0.15) is 5.78 Å². The van der Waals surface area contributed by atoms with Crippen LogP contribution in [0.5, 0.6) is 0 Å². The van der Waals surface area contributed by atoms with Crippen molar-refractivity contribution in [1.29, 1.82) is 0 Å². The van der Waals surface area contributed by atoms with E-state index in [0.29, 0.717) is 37.6 Å². The first-order chi connectivity index (χ1) is 11.5. The fraction of sp³-hybridized carbons (Fsp3) is 0.556. The molecular formula is C18H25ClN2O3. The lowest BCUT2D eigenvalue weighted by atomic mass is 9.98. The van der Waals surface area contributed by atoms with E-state index in [-0.39, 0.29) is 17.9 Å². The van der Waals surface area contributed by atoms with Crippen molar-refractivity contribution in [3.63, 3.8) is 0 Å². The first-order valence-electron chi connectivity index (χ1n) is 8.48. The Kier molecular flexibility index (Phi) is 7.06. The zero-order valence-corrected chi connectivity index (χ0v) is 15.1. The topological polar surface area (TPSA) is 49.9 Å². The molecule has 2 rings (SSSR count). The van der Waals surface area contributed by atoms with Gasteiger partial charge in [0.15, 0.2) is 0 Å². The quantitative estimate of drug-likeness (QED) is 0.786. The largest absolute Gasteiger partial charge is 0.450 e. The van der Waals surface area contributed by atoms with Gasteiger partial charge < -0.3 is 9.64 Å². The molecule has 1 atom stereocenters. The number of Topliss-reactive ketones (excluding diaryl/α,β-unsaturated/α-hetero) is 1. The Balaban J connectivity index is 2.07. The van der Waals surface area contributed by atoms with Crippen LogP contribution < -0.4 is 0 Å². The Labute approximate surface area is 148 Å². The molecule has 1 fully saturated rings. The van der Waals surface area contributed by atoms with E-state index in [1.807, 2.05) is 31.2 Å². The summed E-state index contributed by atoms with van der Waals surface area (Å²) in [5.74, 6) is 0.239. The standard InChI is InChI=1S/C18H25ClN2O3/c1-3-16(22)13-17(14-5-7-15(19)8-6-14)20-9-11-21(12-10-20)18(23)24-4-2/h5-8,17H,3-4,9-13H2,1-2H3/t17-/m0/s1. The van der Waals surface area contributed by atoms with Crippen LogP contribution in [0.4, 0.5) is 4.79 Å². The average Bonchev–Trinajstić information content (AvgIpc) is 2.61. The summed E-state index contributed by atoms with van der Waals surface area (Å²) in [7, 11) is 0. The van der Waals surface area contributed by atoms with Crippen molar-refractivity contribution in [2.45, 2.75) is 32.7 Å². The summed E-state index contributed by atoms with van der Waals surface area (Å²) in [6, 6.07) is 7.70. The van der Waals surface area contributed by atoms with E-state index in [4.69, 9.17) is 16.3 Å². The number of piperazine rings is 1. The van der Waals surface area contributed by atoms with Crippen molar-refractivity contribution in [3.05, 3.63) is 34.9 Å². The molecule has 0 N–H and O–H groups in total. The predicted molar refractivity (Wildman–Crippen MR) is 94.3 cm³/mol. The normalized spacial score (nSPS) is 16.7. The highest BCUT2D eigenvalue weighted by molar-refractivity contribution is 6.30. The molecule has 1 aliphatic heterocycles. The number of carbonyl (C=O) groups excluding carboxylic acids is 2. The van der Waals surface area contributed by atoms with E-state index < -0.39 is 0 Å². The van der Waals surface area contributed by atoms with Gasteiger partial charge in [0.2, 0.25) is 0 Å². The lowest BCUT2D eigenvalue weighted by Crippen LogP contribution is -2.50. The zero-order chi connectivity index (χ0) is 17.5. The Morgan fingerprint density at radius 2 is 1.75 bits per heavy atom. The fourth-order valence-corrected chi connectivity index (χ4v) is 3.06. The van der Waals surface area contributed by atoms with Crippen molar-refractivity contribution in [3.8, 4) is 0 Å². The van der Waals surface area contributed by atoms with Crippen LogP contribution in [0.15, 0.2) is 24.3 Å². The van der Waals surface area contributed by atoms with Crippen LogP contribution in [0, 0.1) is 0 Å². The summed E-state index contributed by atoms with van der Waals surface area (Å²) in [6.45, 7) is 6.76. The Morgan fingerprint density at radius 1 is 1.12 bits per heavy atom. The summed E-state index contributed by atoms with van der Waals surface area (Å²) >= 11 is 5.98. The van der Waals surface area contributed by atoms with Crippen LogP contribution in [0.25, 0.3) is 0 Å². The molecule has 1 aromatic rings. The monoisotopic (exact) mass is 352 g/mol. The van der Waals surface area contributed by atoms with E-state index in [0.717, 1.165) is 18.7 Å². The Morgan fingerprint density at radius 3 is 2.29 bits per heavy atom. The van der Waals surface area contributed by atoms with Gasteiger partial charge in [-0.15, -0.1) is 0 Å². The van der Waals surface area contributed by atoms with E-state index in [1.165, 1.54) is 0 Å². The minimum atomic E-state index is -0.259. The maximum atomic E-state index is 12.0. The number of benzene rings is 1. The molecule has 1 heterocycles. The van der Waals surface area contributed by atoms with Crippen molar-refractivity contribution in [2.75, 3.05) is 32.8 Å². The maximum absolute atomic E-state index is 12.0. The molecule has 0 bridgehead atoms. The number of rotatable bonds is 6. The van der Waals surface area contributed by atoms with Gasteiger partial charge in [-0.3, -0.25) is 9.69 Å². The molecule has 0 aliphatic carbocycles. The highest BCUT2D eigenvalue weighted by Gasteiger charge is 2.28. The first kappa shape index (κ1) is 18.7. The van der Waals surface area contributed by atoms with Crippen LogP contribution in [-0.2, 0) is 9.53 Å². The highest BCUT2D eigenvalue weighted by atomic mass is 35.5. The van der Waals surface area contributed by atoms with Gasteiger partial charge in [0, 0.05) is 50.1 Å². The van der Waals surface area contributed by atoms with Gasteiger partial charge in [0.05, 0.1) is 6.61 Å². The second kappa shape index (κ2) is 9.04. The smallest absolute Gasteiger partial charge is 0.409 e. The first-order valence-corrected chi connectivity index (χ1v) is 8.85. The lowest BCUT2D eigenvalue weighted by Gasteiger charge is -2.39. The van der Waals surface area contributed by atoms with Crippen LogP contribution in [0.3, 0.4) is 0 Å². The minimum Gasteiger partial charge on any atom is -0.450 e. The molecular weight excluding hydrogens is 328 g/mol. The van der Waals surface area contributed by atoms with Gasteiger partial charge in [0.25, 0.3) is 0 Å². The second-order valence-corrected chi connectivity index (χ2v) is 6.32. The Bertz CT molecular complexity index is 554. The summed E-state index contributed by atoms with van der Waals surface area (Å²) in [6.07, 6.45) is 0.759. The molecule has 1 amide bonds. The summed E-state index contributed by atoms with van der Waals surface area (Å²) in [5, 5.41) is 0.687. The average molecular weight is 353 g/mol. The molecule has 1 aromatic carbocycles. The van der Waals surface area contributed by atoms with Crippen molar-refractivity contribution >= 4 is 23.5 Å². The van der Waals surface area contributed by atoms with Gasteiger partial charge >= 0.3 is 6.09 Å². The van der Waals surface area contributed by atoms with Crippen molar-refractivity contribution in [1.82, 2.24) is 9.80 Å². The SMILES string of the molecule is CCOC(=O)N1CCN([C@@H](CC(=O)CC)c2ccc(Cl)cc2)CC1. The number of hydrogen-bond donors (Lipinski definition) is 0. The van der Waals surface area contributed by atoms with Crippen molar-refractivity contribution in [2.24, 2.45) is 0 Å². The van der Waals surface area contributed by atoms with Crippen LogP contribution in [0.2, 0.25) is 5.02 Å². The molecule has 0 saturated carbocycles. The number of hydrogen-bond acceptors (Lipinski definition) is 4. The zero-order valence-electron chi connectivity index (χ0n) is 14.3. The number of nitrogens with zero attached hydrogens (tertiary/aromatic N) is 2. The van der Waals surface area contributed by atoms with Crippen LogP contribution >= 0.6 is 11.6 Å². The lowest BCUT2D eigenvalue weighted by molar-refractivity contribution is -0.120. The number of halogens is 1. The molecule has 1 saturated heterocycles. The highest BCUT2D eigenvalue weighted by Crippen LogP contribution is 2.27. The van der Waals surface area contributed by atoms with Gasteiger partial charge in [-0.25, -0.2) is 4.79 Å². The molecule has 0 aromatic heterocycles. The number of amides is 1. The van der Waals surface area contributed by atoms with Gasteiger partial charge in [-0.1, -0.05) is 30.7 Å². The molecule has 0 spiro atoms. The van der Waals surface area contributed by atoms with E-state index >= 15 is 0 Å². The molecule has 5 nitrogen and oxygen atoms in total. The second-order valence-electron chi connectivity index (χ2n) is 5.89. The van der Waals surface area contributed by atoms with Crippen LogP contribution in [-0.4, -0.2) is 54.5 Å². The van der Waals surface area contributed by atoms with Gasteiger partial charge in [-0.2, -0.15) is 0 Å². The third-order valence-electron chi connectivity index (χ3n) is 4.35. The Hall–Kier alpha value is -1.59. The molecule has 0 unspecified atom stereocenters. The van der Waals surface area contributed by atoms with Crippen molar-refractivity contribution < 1.29 is 14.3 Å². The fourth-order valence-electron chi connectivity index (χ4n) is 2.93. The maximum Gasteiger partial charge on any atom is 0.409 e. The van der Waals surface area contributed by atoms with Gasteiger partial charge in [-0.05, 0) is 24.6 Å². The van der Waals surface area contributed by atoms with E-state index in [9.17, 15) is 9.59 Å². The van der Waals surface area contributed by atoms with E-state index in [1.54, 1.807) is 11.8 Å². The summed E-state index contributed by atoms with van der Waals surface area (Å²) in [4.78, 5) is 27.8. The number of ether oxygens (including phenoxy) is 1. The number of carbonyl (C=O) groups is 2. The molecule has 24 heavy (non-hydrogen) atoms. The predicted octanol–water partition coefficient (Wildman–Crippen LogP) is 3.52. The summed E-state index contributed by atoms with van der Waals surface area (Å²) < 4.78 is 5.06. The molecule has 132 valence electrons. The molecule has 6 heteroatoms. The number of ketones is 1. The minimum absolute atomic E-state index is 0.0269. The third kappa shape index (κ3) is 4.95. The molecule has 1 aliphatic rings. The van der Waals surface area contributed by atoms with Crippen LogP contribution in [0.1, 0.15) is 38.3 Å². The summed E-state index contributed by atoms with van der Waals surface area (Å²) in [5.41, 5.74) is 1.09. The molecule has 0 radical (unpaired) electrons.